The van der Waals surface area contributed by atoms with Crippen molar-refractivity contribution >= 4 is 5.97 Å². The summed E-state index contributed by atoms with van der Waals surface area (Å²) in [6.45, 7) is 3.90. The predicted octanol–water partition coefficient (Wildman–Crippen LogP) is 2.99. The summed E-state index contributed by atoms with van der Waals surface area (Å²) in [5.74, 6) is -0.744. The van der Waals surface area contributed by atoms with Crippen molar-refractivity contribution in [3.05, 3.63) is 11.6 Å². The van der Waals surface area contributed by atoms with Crippen LogP contribution in [0, 0.1) is 5.41 Å². The summed E-state index contributed by atoms with van der Waals surface area (Å²) in [5.41, 5.74) is 0.533. The quantitative estimate of drug-likeness (QED) is 0.666. The first kappa shape index (κ1) is 10.3. The fourth-order valence-corrected chi connectivity index (χ4v) is 2.33. The molecule has 0 aromatic rings. The standard InChI is InChI=1S/C11H18O2/c1-3-9(10(12)13)11(2)7-5-4-6-8-11/h3H,4-8H2,1-2H3,(H,12,13)/b9-3-. The van der Waals surface area contributed by atoms with Crippen LogP contribution in [0.25, 0.3) is 0 Å². The van der Waals surface area contributed by atoms with E-state index in [0.717, 1.165) is 12.8 Å². The van der Waals surface area contributed by atoms with E-state index in [1.807, 2.05) is 6.92 Å². The fourth-order valence-electron chi connectivity index (χ4n) is 2.33. The molecule has 0 radical (unpaired) electrons. The minimum absolute atomic E-state index is 0.0706. The summed E-state index contributed by atoms with van der Waals surface area (Å²) in [4.78, 5) is 11.0. The van der Waals surface area contributed by atoms with Gasteiger partial charge in [0.1, 0.15) is 0 Å². The van der Waals surface area contributed by atoms with Gasteiger partial charge >= 0.3 is 5.97 Å². The minimum atomic E-state index is -0.744. The first-order valence-electron chi connectivity index (χ1n) is 5.00. The highest BCUT2D eigenvalue weighted by molar-refractivity contribution is 5.88. The average molecular weight is 182 g/mol. The molecule has 0 saturated heterocycles. The topological polar surface area (TPSA) is 37.3 Å². The maximum atomic E-state index is 11.0. The van der Waals surface area contributed by atoms with E-state index < -0.39 is 5.97 Å². The van der Waals surface area contributed by atoms with Gasteiger partial charge in [0.05, 0.1) is 0 Å². The van der Waals surface area contributed by atoms with Gasteiger partial charge in [0.2, 0.25) is 0 Å². The van der Waals surface area contributed by atoms with Crippen LogP contribution in [0.15, 0.2) is 11.6 Å². The Morgan fingerprint density at radius 1 is 1.31 bits per heavy atom. The molecule has 1 saturated carbocycles. The van der Waals surface area contributed by atoms with Gasteiger partial charge in [0.15, 0.2) is 0 Å². The SMILES string of the molecule is C/C=C(/C(=O)O)C1(C)CCCCC1. The van der Waals surface area contributed by atoms with E-state index in [1.54, 1.807) is 6.08 Å². The van der Waals surface area contributed by atoms with E-state index >= 15 is 0 Å². The third kappa shape index (κ3) is 2.11. The van der Waals surface area contributed by atoms with Crippen LogP contribution in [-0.4, -0.2) is 11.1 Å². The van der Waals surface area contributed by atoms with Crippen LogP contribution in [0.5, 0.6) is 0 Å². The zero-order chi connectivity index (χ0) is 9.90. The van der Waals surface area contributed by atoms with Gasteiger partial charge in [-0.25, -0.2) is 4.79 Å². The lowest BCUT2D eigenvalue weighted by atomic mass is 9.70. The van der Waals surface area contributed by atoms with Crippen LogP contribution < -0.4 is 0 Å². The van der Waals surface area contributed by atoms with E-state index in [1.165, 1.54) is 19.3 Å². The number of rotatable bonds is 2. The van der Waals surface area contributed by atoms with Crippen molar-refractivity contribution in [2.24, 2.45) is 5.41 Å². The Balaban J connectivity index is 2.82. The monoisotopic (exact) mass is 182 g/mol. The van der Waals surface area contributed by atoms with Gasteiger partial charge in [-0.05, 0) is 25.2 Å². The van der Waals surface area contributed by atoms with Crippen LogP contribution >= 0.6 is 0 Å². The summed E-state index contributed by atoms with van der Waals surface area (Å²) in [5, 5.41) is 9.02. The third-order valence-corrected chi connectivity index (χ3v) is 3.13. The second kappa shape index (κ2) is 3.95. The second-order valence-corrected chi connectivity index (χ2v) is 4.13. The summed E-state index contributed by atoms with van der Waals surface area (Å²) in [7, 11) is 0. The number of hydrogen-bond donors (Lipinski definition) is 1. The molecule has 0 aromatic carbocycles. The molecule has 0 aromatic heterocycles. The van der Waals surface area contributed by atoms with Gasteiger partial charge in [-0.2, -0.15) is 0 Å². The van der Waals surface area contributed by atoms with Crippen molar-refractivity contribution < 1.29 is 9.90 Å². The van der Waals surface area contributed by atoms with Crippen LogP contribution in [0.1, 0.15) is 46.0 Å². The Morgan fingerprint density at radius 2 is 1.85 bits per heavy atom. The Morgan fingerprint density at radius 3 is 2.23 bits per heavy atom. The molecule has 0 bridgehead atoms. The van der Waals surface area contributed by atoms with E-state index in [9.17, 15) is 4.79 Å². The molecule has 0 heterocycles. The summed E-state index contributed by atoms with van der Waals surface area (Å²) < 4.78 is 0. The van der Waals surface area contributed by atoms with Crippen LogP contribution in [-0.2, 0) is 4.79 Å². The smallest absolute Gasteiger partial charge is 0.331 e. The molecule has 0 amide bonds. The lowest BCUT2D eigenvalue weighted by Gasteiger charge is -2.34. The highest BCUT2D eigenvalue weighted by Crippen LogP contribution is 2.41. The number of aliphatic carboxylic acids is 1. The number of carboxylic acids is 1. The molecule has 0 unspecified atom stereocenters. The molecule has 1 aliphatic rings. The molecule has 1 fully saturated rings. The summed E-state index contributed by atoms with van der Waals surface area (Å²) in [6.07, 6.45) is 7.40. The van der Waals surface area contributed by atoms with Crippen LogP contribution in [0.4, 0.5) is 0 Å². The van der Waals surface area contributed by atoms with Gasteiger partial charge in [0, 0.05) is 5.57 Å². The fraction of sp³-hybridized carbons (Fsp3) is 0.727. The average Bonchev–Trinajstić information content (AvgIpc) is 2.05. The largest absolute Gasteiger partial charge is 0.478 e. The predicted molar refractivity (Wildman–Crippen MR) is 52.6 cm³/mol. The zero-order valence-electron chi connectivity index (χ0n) is 8.47. The Kier molecular flexibility index (Phi) is 3.12. The van der Waals surface area contributed by atoms with Gasteiger partial charge in [-0.15, -0.1) is 0 Å². The zero-order valence-corrected chi connectivity index (χ0v) is 8.47. The molecule has 0 atom stereocenters. The van der Waals surface area contributed by atoms with Gasteiger partial charge in [-0.3, -0.25) is 0 Å². The van der Waals surface area contributed by atoms with Crippen molar-refractivity contribution in [2.75, 3.05) is 0 Å². The number of carbonyl (C=O) groups is 1. The molecular weight excluding hydrogens is 164 g/mol. The van der Waals surface area contributed by atoms with Gasteiger partial charge in [-0.1, -0.05) is 32.3 Å². The van der Waals surface area contributed by atoms with Crippen molar-refractivity contribution in [3.63, 3.8) is 0 Å². The molecule has 1 rings (SSSR count). The molecule has 0 aliphatic heterocycles. The molecule has 74 valence electrons. The Bertz CT molecular complexity index is 222. The Labute approximate surface area is 79.6 Å². The van der Waals surface area contributed by atoms with Gasteiger partial charge < -0.3 is 5.11 Å². The van der Waals surface area contributed by atoms with Crippen molar-refractivity contribution in [3.8, 4) is 0 Å². The summed E-state index contributed by atoms with van der Waals surface area (Å²) in [6, 6.07) is 0. The van der Waals surface area contributed by atoms with Crippen LogP contribution in [0.2, 0.25) is 0 Å². The molecule has 1 aliphatic carbocycles. The van der Waals surface area contributed by atoms with E-state index in [2.05, 4.69) is 6.92 Å². The maximum absolute atomic E-state index is 11.0. The first-order valence-corrected chi connectivity index (χ1v) is 5.00. The third-order valence-electron chi connectivity index (χ3n) is 3.13. The maximum Gasteiger partial charge on any atom is 0.331 e. The lowest BCUT2D eigenvalue weighted by molar-refractivity contribution is -0.134. The molecule has 2 nitrogen and oxygen atoms in total. The molecule has 1 N–H and O–H groups in total. The number of carboxylic acid groups (broad SMARTS) is 1. The molecule has 13 heavy (non-hydrogen) atoms. The van der Waals surface area contributed by atoms with E-state index in [-0.39, 0.29) is 5.41 Å². The second-order valence-electron chi connectivity index (χ2n) is 4.13. The summed E-state index contributed by atoms with van der Waals surface area (Å²) >= 11 is 0. The van der Waals surface area contributed by atoms with Crippen LogP contribution in [0.3, 0.4) is 0 Å². The number of allylic oxidation sites excluding steroid dienone is 1. The highest BCUT2D eigenvalue weighted by Gasteiger charge is 2.33. The first-order chi connectivity index (χ1) is 6.10. The minimum Gasteiger partial charge on any atom is -0.478 e. The molecule has 0 spiro atoms. The lowest BCUT2D eigenvalue weighted by Crippen LogP contribution is -2.27. The molecular formula is C11H18O2. The normalized spacial score (nSPS) is 22.8. The van der Waals surface area contributed by atoms with E-state index in [0.29, 0.717) is 5.57 Å². The van der Waals surface area contributed by atoms with Crippen molar-refractivity contribution in [2.45, 2.75) is 46.0 Å². The molecule has 2 heteroatoms. The van der Waals surface area contributed by atoms with Gasteiger partial charge in [0.25, 0.3) is 0 Å². The van der Waals surface area contributed by atoms with Crippen molar-refractivity contribution in [1.29, 1.82) is 0 Å². The van der Waals surface area contributed by atoms with Crippen molar-refractivity contribution in [1.82, 2.24) is 0 Å². The van der Waals surface area contributed by atoms with E-state index in [4.69, 9.17) is 5.11 Å². The Hall–Kier alpha value is -0.790. The highest BCUT2D eigenvalue weighted by atomic mass is 16.4. The number of hydrogen-bond acceptors (Lipinski definition) is 1.